The molecule has 0 bridgehead atoms. The molecule has 0 saturated carbocycles. The fourth-order valence-electron chi connectivity index (χ4n) is 3.33. The van der Waals surface area contributed by atoms with Crippen LogP contribution in [0.5, 0.6) is 0 Å². The first-order valence-electron chi connectivity index (χ1n) is 8.89. The van der Waals surface area contributed by atoms with Crippen LogP contribution in [-0.2, 0) is 11.2 Å². The first-order valence-corrected chi connectivity index (χ1v) is 8.89. The Labute approximate surface area is 162 Å². The van der Waals surface area contributed by atoms with E-state index >= 15 is 0 Å². The molecule has 28 heavy (non-hydrogen) atoms. The monoisotopic (exact) mass is 367 g/mol. The predicted molar refractivity (Wildman–Crippen MR) is 107 cm³/mol. The van der Waals surface area contributed by atoms with Gasteiger partial charge in [-0.1, -0.05) is 36.4 Å². The van der Waals surface area contributed by atoms with Crippen molar-refractivity contribution in [2.24, 2.45) is 0 Å². The fourth-order valence-corrected chi connectivity index (χ4v) is 3.33. The Hall–Kier alpha value is -3.91. The molecule has 1 aromatic heterocycles. The van der Waals surface area contributed by atoms with Gasteiger partial charge in [0, 0.05) is 18.3 Å². The van der Waals surface area contributed by atoms with Crippen molar-refractivity contribution in [3.63, 3.8) is 0 Å². The lowest BCUT2D eigenvalue weighted by Crippen LogP contribution is -2.30. The molecule has 0 unspecified atom stereocenters. The molecule has 4 rings (SSSR count). The predicted octanol–water partition coefficient (Wildman–Crippen LogP) is 4.19. The molecule has 0 fully saturated rings. The van der Waals surface area contributed by atoms with Gasteiger partial charge in [-0.05, 0) is 35.9 Å². The summed E-state index contributed by atoms with van der Waals surface area (Å²) in [6.07, 6.45) is 1.85. The minimum absolute atomic E-state index is 0.0308. The molecule has 1 N–H and O–H groups in total. The Morgan fingerprint density at radius 1 is 1.11 bits per heavy atom. The maximum atomic E-state index is 13.0. The average molecular weight is 367 g/mol. The van der Waals surface area contributed by atoms with Gasteiger partial charge in [0.05, 0.1) is 29.3 Å². The van der Waals surface area contributed by atoms with Crippen molar-refractivity contribution >= 4 is 23.0 Å². The molecule has 136 valence electrons. The molecule has 0 amide bonds. The number of carbonyl (C=O) groups is 1. The van der Waals surface area contributed by atoms with Crippen molar-refractivity contribution in [1.82, 2.24) is 4.98 Å². The second-order valence-electron chi connectivity index (χ2n) is 6.54. The topological polar surface area (TPSA) is 77.2 Å². The number of nitrogens with zero attached hydrogens (tertiary/aromatic N) is 3. The van der Waals surface area contributed by atoms with Crippen molar-refractivity contribution < 1.29 is 9.90 Å². The van der Waals surface area contributed by atoms with Crippen LogP contribution in [-0.4, -0.2) is 22.4 Å². The summed E-state index contributed by atoms with van der Waals surface area (Å²) in [7, 11) is 0. The fraction of sp³-hybridized carbons (Fsp3) is 0.0870. The number of benzene rings is 2. The van der Waals surface area contributed by atoms with Gasteiger partial charge in [0.2, 0.25) is 0 Å². The third kappa shape index (κ3) is 3.24. The van der Waals surface area contributed by atoms with E-state index in [1.807, 2.05) is 41.3 Å². The van der Waals surface area contributed by atoms with Gasteiger partial charge in [-0.15, -0.1) is 0 Å². The summed E-state index contributed by atoms with van der Waals surface area (Å²) in [5, 5.41) is 20.0. The van der Waals surface area contributed by atoms with Gasteiger partial charge in [-0.2, -0.15) is 5.26 Å². The highest BCUT2D eigenvalue weighted by Crippen LogP contribution is 2.37. The van der Waals surface area contributed by atoms with Crippen LogP contribution >= 0.6 is 0 Å². The standard InChI is InChI=1S/C23H17N3O2/c24-14-17-8-4-9-18(12-17)26-15-20(21(27)13-16-6-2-1-3-7-16)22(28)19-10-5-11-25-23(19)26/h1-12,28H,13,15H2. The molecular weight excluding hydrogens is 350 g/mol. The second kappa shape index (κ2) is 7.37. The Morgan fingerprint density at radius 3 is 2.71 bits per heavy atom. The van der Waals surface area contributed by atoms with E-state index in [-0.39, 0.29) is 24.5 Å². The summed E-state index contributed by atoms with van der Waals surface area (Å²) < 4.78 is 0. The van der Waals surface area contributed by atoms with E-state index in [1.54, 1.807) is 36.5 Å². The van der Waals surface area contributed by atoms with Crippen LogP contribution in [0.25, 0.3) is 5.76 Å². The van der Waals surface area contributed by atoms with Crippen LogP contribution in [0, 0.1) is 11.3 Å². The normalized spacial score (nSPS) is 13.0. The number of anilines is 2. The summed E-state index contributed by atoms with van der Waals surface area (Å²) in [6.45, 7) is 0.191. The van der Waals surface area contributed by atoms with Crippen LogP contribution in [0.3, 0.4) is 0 Å². The van der Waals surface area contributed by atoms with Crippen molar-refractivity contribution in [3.8, 4) is 6.07 Å². The summed E-state index contributed by atoms with van der Waals surface area (Å²) in [6, 6.07) is 22.2. The number of hydrogen-bond donors (Lipinski definition) is 1. The van der Waals surface area contributed by atoms with Gasteiger partial charge in [-0.3, -0.25) is 4.79 Å². The first-order chi connectivity index (χ1) is 13.7. The zero-order chi connectivity index (χ0) is 19.5. The number of fused-ring (bicyclic) bond motifs is 1. The highest BCUT2D eigenvalue weighted by Gasteiger charge is 2.29. The highest BCUT2D eigenvalue weighted by molar-refractivity contribution is 6.05. The maximum absolute atomic E-state index is 13.0. The van der Waals surface area contributed by atoms with Crippen LogP contribution in [0.4, 0.5) is 11.5 Å². The lowest BCUT2D eigenvalue weighted by molar-refractivity contribution is -0.115. The number of hydrogen-bond acceptors (Lipinski definition) is 5. The van der Waals surface area contributed by atoms with Gasteiger partial charge in [0.15, 0.2) is 5.78 Å². The number of nitriles is 1. The highest BCUT2D eigenvalue weighted by atomic mass is 16.3. The quantitative estimate of drug-likeness (QED) is 0.748. The third-order valence-corrected chi connectivity index (χ3v) is 4.73. The van der Waals surface area contributed by atoms with Gasteiger partial charge >= 0.3 is 0 Å². The van der Waals surface area contributed by atoms with Crippen LogP contribution < -0.4 is 4.90 Å². The third-order valence-electron chi connectivity index (χ3n) is 4.73. The molecular formula is C23H17N3O2. The lowest BCUT2D eigenvalue weighted by atomic mass is 9.96. The maximum Gasteiger partial charge on any atom is 0.168 e. The Kier molecular flexibility index (Phi) is 4.61. The van der Waals surface area contributed by atoms with Crippen molar-refractivity contribution in [1.29, 1.82) is 5.26 Å². The second-order valence-corrected chi connectivity index (χ2v) is 6.54. The molecule has 3 aromatic rings. The number of aromatic nitrogens is 1. The number of pyridine rings is 1. The molecule has 5 heteroatoms. The van der Waals surface area contributed by atoms with Gasteiger partial charge in [0.1, 0.15) is 11.6 Å². The minimum Gasteiger partial charge on any atom is -0.507 e. The molecule has 0 radical (unpaired) electrons. The van der Waals surface area contributed by atoms with Crippen LogP contribution in [0.15, 0.2) is 78.5 Å². The lowest BCUT2D eigenvalue weighted by Gasteiger charge is -2.31. The zero-order valence-corrected chi connectivity index (χ0v) is 15.0. The first kappa shape index (κ1) is 17.5. The van der Waals surface area contributed by atoms with E-state index in [9.17, 15) is 15.2 Å². The van der Waals surface area contributed by atoms with E-state index in [0.29, 0.717) is 22.5 Å². The van der Waals surface area contributed by atoms with E-state index in [1.165, 1.54) is 0 Å². The molecule has 2 aromatic carbocycles. The number of carbonyl (C=O) groups excluding carboxylic acids is 1. The van der Waals surface area contributed by atoms with E-state index in [0.717, 1.165) is 11.3 Å². The number of aliphatic hydroxyl groups excluding tert-OH is 1. The van der Waals surface area contributed by atoms with E-state index in [4.69, 9.17) is 0 Å². The van der Waals surface area contributed by atoms with Crippen molar-refractivity contribution in [3.05, 3.63) is 95.2 Å². The minimum atomic E-state index is -0.139. The molecule has 2 heterocycles. The smallest absolute Gasteiger partial charge is 0.168 e. The Bertz CT molecular complexity index is 1110. The number of ketones is 1. The molecule has 0 aliphatic carbocycles. The average Bonchev–Trinajstić information content (AvgIpc) is 2.75. The van der Waals surface area contributed by atoms with Gasteiger partial charge in [0.25, 0.3) is 0 Å². The molecule has 1 aliphatic heterocycles. The number of rotatable bonds is 4. The van der Waals surface area contributed by atoms with Crippen LogP contribution in [0.2, 0.25) is 0 Å². The molecule has 0 atom stereocenters. The zero-order valence-electron chi connectivity index (χ0n) is 15.0. The molecule has 1 aliphatic rings. The van der Waals surface area contributed by atoms with Gasteiger partial charge in [-0.25, -0.2) is 4.98 Å². The molecule has 5 nitrogen and oxygen atoms in total. The Balaban J connectivity index is 1.76. The largest absolute Gasteiger partial charge is 0.507 e. The van der Waals surface area contributed by atoms with Crippen molar-refractivity contribution in [2.75, 3.05) is 11.4 Å². The number of Topliss-reactive ketones (excluding diaryl/α,β-unsaturated/α-hetero) is 1. The number of aliphatic hydroxyl groups is 1. The van der Waals surface area contributed by atoms with E-state index < -0.39 is 0 Å². The summed E-state index contributed by atoms with van der Waals surface area (Å²) in [5.74, 6) is 0.391. The summed E-state index contributed by atoms with van der Waals surface area (Å²) in [5.41, 5.74) is 3.00. The van der Waals surface area contributed by atoms with E-state index in [2.05, 4.69) is 11.1 Å². The summed E-state index contributed by atoms with van der Waals surface area (Å²) in [4.78, 5) is 19.2. The Morgan fingerprint density at radius 2 is 1.93 bits per heavy atom. The van der Waals surface area contributed by atoms with Gasteiger partial charge < -0.3 is 10.0 Å². The van der Waals surface area contributed by atoms with Crippen molar-refractivity contribution in [2.45, 2.75) is 6.42 Å². The molecule has 0 saturated heterocycles. The molecule has 0 spiro atoms. The van der Waals surface area contributed by atoms with Crippen LogP contribution in [0.1, 0.15) is 16.7 Å². The summed E-state index contributed by atoms with van der Waals surface area (Å²) >= 11 is 0. The SMILES string of the molecule is N#Cc1cccc(N2CC(C(=O)Cc3ccccc3)=C(O)c3cccnc32)c1.